The summed E-state index contributed by atoms with van der Waals surface area (Å²) in [7, 11) is 0. The maximum Gasteiger partial charge on any atom is 0.315 e. The van der Waals surface area contributed by atoms with E-state index in [2.05, 4.69) is 26.6 Å². The molecule has 4 nitrogen and oxygen atoms in total. The van der Waals surface area contributed by atoms with Gasteiger partial charge in [-0.2, -0.15) is 0 Å². The van der Waals surface area contributed by atoms with E-state index in [1.54, 1.807) is 11.3 Å². The zero-order chi connectivity index (χ0) is 12.0. The Morgan fingerprint density at radius 2 is 2.38 bits per heavy atom. The first-order valence-electron chi connectivity index (χ1n) is 5.05. The number of nitrogens with one attached hydrogen (secondary N) is 2. The molecule has 0 saturated carbocycles. The summed E-state index contributed by atoms with van der Waals surface area (Å²) in [6, 6.07) is 3.49. The molecule has 1 aromatic heterocycles. The van der Waals surface area contributed by atoms with Gasteiger partial charge < -0.3 is 15.7 Å². The van der Waals surface area contributed by atoms with Gasteiger partial charge in [-0.05, 0) is 34.5 Å². The van der Waals surface area contributed by atoms with Crippen LogP contribution in [0.15, 0.2) is 15.9 Å². The molecule has 90 valence electrons. The lowest BCUT2D eigenvalue weighted by Crippen LogP contribution is -2.43. The van der Waals surface area contributed by atoms with Gasteiger partial charge in [0.15, 0.2) is 0 Å². The van der Waals surface area contributed by atoms with Crippen LogP contribution < -0.4 is 10.6 Å². The smallest absolute Gasteiger partial charge is 0.315 e. The number of aliphatic hydroxyl groups is 1. The van der Waals surface area contributed by atoms with Crippen molar-refractivity contribution in [3.63, 3.8) is 0 Å². The van der Waals surface area contributed by atoms with Gasteiger partial charge in [-0.15, -0.1) is 11.3 Å². The van der Waals surface area contributed by atoms with E-state index < -0.39 is 0 Å². The standard InChI is InChI=1S/C10H15BrN2O2S/c1-2-7(6-14)13-10(15)12-5-8-3-4-9(11)16-8/h3-4,7,14H,2,5-6H2,1H3,(H2,12,13,15). The molecule has 1 aromatic rings. The summed E-state index contributed by atoms with van der Waals surface area (Å²) in [5, 5.41) is 14.3. The molecule has 0 aromatic carbocycles. The second kappa shape index (κ2) is 6.88. The average Bonchev–Trinajstić information content (AvgIpc) is 2.69. The zero-order valence-corrected chi connectivity index (χ0v) is 11.4. The van der Waals surface area contributed by atoms with Crippen LogP contribution >= 0.6 is 27.3 Å². The SMILES string of the molecule is CCC(CO)NC(=O)NCc1ccc(Br)s1. The van der Waals surface area contributed by atoms with Crippen LogP contribution in [-0.2, 0) is 6.54 Å². The molecule has 1 atom stereocenters. The lowest BCUT2D eigenvalue weighted by atomic mass is 10.2. The van der Waals surface area contributed by atoms with Crippen LogP contribution in [0.3, 0.4) is 0 Å². The third-order valence-electron chi connectivity index (χ3n) is 2.10. The Bertz CT molecular complexity index is 339. The molecule has 0 saturated heterocycles. The average molecular weight is 307 g/mol. The highest BCUT2D eigenvalue weighted by atomic mass is 79.9. The lowest BCUT2D eigenvalue weighted by molar-refractivity contribution is 0.214. The summed E-state index contributed by atoms with van der Waals surface area (Å²) in [5.74, 6) is 0. The molecule has 0 aliphatic rings. The van der Waals surface area contributed by atoms with E-state index in [-0.39, 0.29) is 18.7 Å². The topological polar surface area (TPSA) is 61.4 Å². The lowest BCUT2D eigenvalue weighted by Gasteiger charge is -2.14. The maximum absolute atomic E-state index is 11.4. The fraction of sp³-hybridized carbons (Fsp3) is 0.500. The summed E-state index contributed by atoms with van der Waals surface area (Å²) >= 11 is 4.94. The molecule has 0 spiro atoms. The number of carbonyl (C=O) groups excluding carboxylic acids is 1. The van der Waals surface area contributed by atoms with Gasteiger partial charge in [-0.1, -0.05) is 6.92 Å². The Hall–Kier alpha value is -0.590. The summed E-state index contributed by atoms with van der Waals surface area (Å²) in [4.78, 5) is 12.5. The van der Waals surface area contributed by atoms with E-state index in [0.717, 1.165) is 8.66 Å². The molecule has 3 N–H and O–H groups in total. The predicted octanol–water partition coefficient (Wildman–Crippen LogP) is 2.08. The van der Waals surface area contributed by atoms with Gasteiger partial charge in [0.2, 0.25) is 0 Å². The molecule has 6 heteroatoms. The number of urea groups is 1. The van der Waals surface area contributed by atoms with Crippen molar-refractivity contribution in [3.05, 3.63) is 20.8 Å². The maximum atomic E-state index is 11.4. The first-order valence-corrected chi connectivity index (χ1v) is 6.66. The van der Waals surface area contributed by atoms with Gasteiger partial charge in [0.1, 0.15) is 0 Å². The van der Waals surface area contributed by atoms with Crippen molar-refractivity contribution in [3.8, 4) is 0 Å². The third-order valence-corrected chi connectivity index (χ3v) is 3.72. The molecule has 0 bridgehead atoms. The second-order valence-corrected chi connectivity index (χ2v) is 5.87. The molecular formula is C10H15BrN2O2S. The summed E-state index contributed by atoms with van der Waals surface area (Å²) in [6.45, 7) is 2.38. The first kappa shape index (κ1) is 13.5. The van der Waals surface area contributed by atoms with E-state index >= 15 is 0 Å². The molecule has 1 heterocycles. The predicted molar refractivity (Wildman–Crippen MR) is 68.6 cm³/mol. The van der Waals surface area contributed by atoms with Crippen molar-refractivity contribution < 1.29 is 9.90 Å². The molecule has 1 rings (SSSR count). The highest BCUT2D eigenvalue weighted by Crippen LogP contribution is 2.21. The highest BCUT2D eigenvalue weighted by Gasteiger charge is 2.08. The van der Waals surface area contributed by atoms with Gasteiger partial charge in [-0.25, -0.2) is 4.79 Å². The first-order chi connectivity index (χ1) is 7.65. The number of amides is 2. The van der Waals surface area contributed by atoms with Crippen molar-refractivity contribution in [1.29, 1.82) is 0 Å². The number of halogens is 1. The number of thiophene rings is 1. The molecule has 0 radical (unpaired) electrons. The second-order valence-electron chi connectivity index (χ2n) is 3.32. The number of hydrogen-bond donors (Lipinski definition) is 3. The Balaban J connectivity index is 2.30. The number of aliphatic hydroxyl groups excluding tert-OH is 1. The van der Waals surface area contributed by atoms with Gasteiger partial charge in [-0.3, -0.25) is 0 Å². The molecule has 16 heavy (non-hydrogen) atoms. The summed E-state index contributed by atoms with van der Waals surface area (Å²) < 4.78 is 1.05. The van der Waals surface area contributed by atoms with Crippen LogP contribution in [0.5, 0.6) is 0 Å². The minimum atomic E-state index is -0.245. The largest absolute Gasteiger partial charge is 0.394 e. The summed E-state index contributed by atoms with van der Waals surface area (Å²) in [6.07, 6.45) is 0.717. The molecule has 0 aliphatic heterocycles. The summed E-state index contributed by atoms with van der Waals surface area (Å²) in [5.41, 5.74) is 0. The zero-order valence-electron chi connectivity index (χ0n) is 9.00. The van der Waals surface area contributed by atoms with Crippen LogP contribution in [-0.4, -0.2) is 23.8 Å². The molecule has 0 fully saturated rings. The fourth-order valence-corrected chi connectivity index (χ4v) is 2.55. The number of hydrogen-bond acceptors (Lipinski definition) is 3. The minimum Gasteiger partial charge on any atom is -0.394 e. The number of rotatable bonds is 5. The third kappa shape index (κ3) is 4.51. The van der Waals surface area contributed by atoms with E-state index in [1.165, 1.54) is 0 Å². The van der Waals surface area contributed by atoms with E-state index in [0.29, 0.717) is 13.0 Å². The van der Waals surface area contributed by atoms with Crippen molar-refractivity contribution in [2.24, 2.45) is 0 Å². The monoisotopic (exact) mass is 306 g/mol. The van der Waals surface area contributed by atoms with Gasteiger partial charge >= 0.3 is 6.03 Å². The van der Waals surface area contributed by atoms with Gasteiger partial charge in [0.25, 0.3) is 0 Å². The Kier molecular flexibility index (Phi) is 5.79. The molecular weight excluding hydrogens is 292 g/mol. The Labute approximate surface area is 107 Å². The van der Waals surface area contributed by atoms with Gasteiger partial charge in [0, 0.05) is 4.88 Å². The normalized spacial score (nSPS) is 12.2. The van der Waals surface area contributed by atoms with Crippen LogP contribution in [0.4, 0.5) is 4.79 Å². The van der Waals surface area contributed by atoms with Crippen molar-refractivity contribution >= 4 is 33.3 Å². The van der Waals surface area contributed by atoms with Crippen molar-refractivity contribution in [1.82, 2.24) is 10.6 Å². The molecule has 1 unspecified atom stereocenters. The molecule has 2 amide bonds. The van der Waals surface area contributed by atoms with Crippen molar-refractivity contribution in [2.45, 2.75) is 25.9 Å². The highest BCUT2D eigenvalue weighted by molar-refractivity contribution is 9.11. The van der Waals surface area contributed by atoms with Crippen LogP contribution in [0, 0.1) is 0 Å². The number of carbonyl (C=O) groups is 1. The van der Waals surface area contributed by atoms with E-state index in [4.69, 9.17) is 5.11 Å². The van der Waals surface area contributed by atoms with E-state index in [1.807, 2.05) is 19.1 Å². The van der Waals surface area contributed by atoms with E-state index in [9.17, 15) is 4.79 Å². The fourth-order valence-electron chi connectivity index (χ4n) is 1.13. The van der Waals surface area contributed by atoms with Crippen LogP contribution in [0.25, 0.3) is 0 Å². The van der Waals surface area contributed by atoms with Gasteiger partial charge in [0.05, 0.1) is 23.0 Å². The Morgan fingerprint density at radius 3 is 2.88 bits per heavy atom. The quantitative estimate of drug-likeness (QED) is 0.780. The minimum absolute atomic E-state index is 0.0333. The van der Waals surface area contributed by atoms with Crippen LogP contribution in [0.2, 0.25) is 0 Å². The van der Waals surface area contributed by atoms with Crippen molar-refractivity contribution in [2.75, 3.05) is 6.61 Å². The van der Waals surface area contributed by atoms with Crippen LogP contribution in [0.1, 0.15) is 18.2 Å². The molecule has 0 aliphatic carbocycles. The Morgan fingerprint density at radius 1 is 1.62 bits per heavy atom.